The third-order valence-corrected chi connectivity index (χ3v) is 5.25. The molecule has 1 unspecified atom stereocenters. The monoisotopic (exact) mass is 271 g/mol. The van der Waals surface area contributed by atoms with Crippen molar-refractivity contribution in [3.63, 3.8) is 0 Å². The summed E-state index contributed by atoms with van der Waals surface area (Å²) in [6.45, 7) is 1.96. The number of thioether (sulfide) groups is 1. The zero-order valence-electron chi connectivity index (χ0n) is 10.1. The lowest BCUT2D eigenvalue weighted by Gasteiger charge is -2.16. The summed E-state index contributed by atoms with van der Waals surface area (Å²) < 4.78 is 23.5. The highest BCUT2D eigenvalue weighted by Crippen LogP contribution is 2.35. The van der Waals surface area contributed by atoms with Crippen molar-refractivity contribution in [3.8, 4) is 0 Å². The molecule has 0 saturated carbocycles. The molecular weight excluding hydrogens is 254 g/mol. The van der Waals surface area contributed by atoms with Crippen LogP contribution in [-0.4, -0.2) is 34.0 Å². The van der Waals surface area contributed by atoms with Crippen LogP contribution in [0.25, 0.3) is 0 Å². The molecule has 1 aliphatic rings. The first-order valence-electron chi connectivity index (χ1n) is 5.61. The first kappa shape index (κ1) is 12.9. The molecule has 1 atom stereocenters. The Kier molecular flexibility index (Phi) is 3.80. The van der Waals surface area contributed by atoms with Gasteiger partial charge in [0.15, 0.2) is 9.84 Å². The first-order valence-corrected chi connectivity index (χ1v) is 8.73. The van der Waals surface area contributed by atoms with Gasteiger partial charge in [0.2, 0.25) is 0 Å². The van der Waals surface area contributed by atoms with Crippen LogP contribution >= 0.6 is 11.8 Å². The van der Waals surface area contributed by atoms with Gasteiger partial charge in [-0.1, -0.05) is 12.1 Å². The Bertz CT molecular complexity index is 505. The van der Waals surface area contributed by atoms with Gasteiger partial charge in [-0.2, -0.15) is 0 Å². The van der Waals surface area contributed by atoms with Crippen molar-refractivity contribution in [3.05, 3.63) is 23.8 Å². The fourth-order valence-corrected chi connectivity index (χ4v) is 4.51. The molecule has 1 aromatic carbocycles. The summed E-state index contributed by atoms with van der Waals surface area (Å²) >= 11 is 1.53. The molecule has 0 amide bonds. The average molecular weight is 271 g/mol. The minimum Gasteiger partial charge on any atom is -0.316 e. The first-order chi connectivity index (χ1) is 8.04. The van der Waals surface area contributed by atoms with Gasteiger partial charge in [0, 0.05) is 17.7 Å². The second kappa shape index (κ2) is 5.00. The Morgan fingerprint density at radius 3 is 2.71 bits per heavy atom. The number of hydrogen-bond donors (Lipinski definition) is 1. The van der Waals surface area contributed by atoms with Gasteiger partial charge in [-0.25, -0.2) is 8.42 Å². The second-order valence-electron chi connectivity index (χ2n) is 4.34. The van der Waals surface area contributed by atoms with Gasteiger partial charge in [-0.05, 0) is 36.8 Å². The van der Waals surface area contributed by atoms with Crippen molar-refractivity contribution >= 4 is 21.6 Å². The van der Waals surface area contributed by atoms with E-state index >= 15 is 0 Å². The van der Waals surface area contributed by atoms with E-state index in [2.05, 4.69) is 11.4 Å². The van der Waals surface area contributed by atoms with E-state index in [-0.39, 0.29) is 0 Å². The lowest BCUT2D eigenvalue weighted by Crippen LogP contribution is -2.10. The molecule has 1 fully saturated rings. The molecule has 1 N–H and O–H groups in total. The Hall–Kier alpha value is -0.520. The van der Waals surface area contributed by atoms with E-state index < -0.39 is 9.84 Å². The van der Waals surface area contributed by atoms with E-state index in [0.717, 1.165) is 24.4 Å². The van der Waals surface area contributed by atoms with Gasteiger partial charge >= 0.3 is 0 Å². The SMILES string of the molecule is CSc1c(C2CCNC2)cccc1S(C)(=O)=O. The lowest BCUT2D eigenvalue weighted by atomic mass is 9.98. The molecule has 5 heteroatoms. The predicted molar refractivity (Wildman–Crippen MR) is 71.6 cm³/mol. The van der Waals surface area contributed by atoms with E-state index in [9.17, 15) is 8.42 Å². The zero-order valence-corrected chi connectivity index (χ0v) is 11.7. The van der Waals surface area contributed by atoms with E-state index in [1.165, 1.54) is 23.6 Å². The summed E-state index contributed by atoms with van der Waals surface area (Å²) in [4.78, 5) is 1.39. The minimum absolute atomic E-state index is 0.444. The topological polar surface area (TPSA) is 46.2 Å². The third-order valence-electron chi connectivity index (χ3n) is 3.11. The number of rotatable bonds is 3. The lowest BCUT2D eigenvalue weighted by molar-refractivity contribution is 0.599. The van der Waals surface area contributed by atoms with Crippen molar-refractivity contribution in [1.29, 1.82) is 0 Å². The molecule has 3 nitrogen and oxygen atoms in total. The van der Waals surface area contributed by atoms with Gasteiger partial charge in [-0.3, -0.25) is 0 Å². The maximum atomic E-state index is 11.8. The van der Waals surface area contributed by atoms with E-state index in [1.807, 2.05) is 12.3 Å². The fraction of sp³-hybridized carbons (Fsp3) is 0.500. The maximum Gasteiger partial charge on any atom is 0.176 e. The van der Waals surface area contributed by atoms with Gasteiger partial charge in [-0.15, -0.1) is 11.8 Å². The van der Waals surface area contributed by atoms with Gasteiger partial charge in [0.1, 0.15) is 0 Å². The summed E-state index contributed by atoms with van der Waals surface area (Å²) in [5, 5.41) is 3.32. The van der Waals surface area contributed by atoms with Gasteiger partial charge in [0.25, 0.3) is 0 Å². The molecule has 2 rings (SSSR count). The molecule has 1 heterocycles. The Balaban J connectivity index is 2.53. The molecule has 0 spiro atoms. The zero-order chi connectivity index (χ0) is 12.5. The standard InChI is InChI=1S/C12H17NO2S2/c1-16-12-10(9-6-7-13-8-9)4-3-5-11(12)17(2,14)15/h3-5,9,13H,6-8H2,1-2H3. The summed E-state index contributed by atoms with van der Waals surface area (Å²) in [5.41, 5.74) is 1.17. The molecule has 0 aromatic heterocycles. The third kappa shape index (κ3) is 2.67. The molecule has 0 aliphatic carbocycles. The maximum absolute atomic E-state index is 11.8. The molecule has 94 valence electrons. The summed E-state index contributed by atoms with van der Waals surface area (Å²) in [5.74, 6) is 0.444. The van der Waals surface area contributed by atoms with Crippen LogP contribution in [0, 0.1) is 0 Å². The van der Waals surface area contributed by atoms with Crippen LogP contribution < -0.4 is 5.32 Å². The predicted octanol–water partition coefficient (Wildman–Crippen LogP) is 1.89. The average Bonchev–Trinajstić information content (AvgIpc) is 2.80. The fourth-order valence-electron chi connectivity index (χ4n) is 2.28. The number of nitrogens with one attached hydrogen (secondary N) is 1. The van der Waals surface area contributed by atoms with Crippen molar-refractivity contribution in [2.75, 3.05) is 25.6 Å². The summed E-state index contributed by atoms with van der Waals surface area (Å²) in [6, 6.07) is 5.61. The Labute approximate surface area is 107 Å². The Morgan fingerprint density at radius 1 is 1.41 bits per heavy atom. The summed E-state index contributed by atoms with van der Waals surface area (Å²) in [7, 11) is -3.14. The number of sulfone groups is 1. The van der Waals surface area contributed by atoms with Crippen LogP contribution in [0.4, 0.5) is 0 Å². The number of benzene rings is 1. The molecule has 17 heavy (non-hydrogen) atoms. The Morgan fingerprint density at radius 2 is 2.18 bits per heavy atom. The molecule has 1 aliphatic heterocycles. The van der Waals surface area contributed by atoms with Crippen LogP contribution in [0.1, 0.15) is 17.9 Å². The van der Waals surface area contributed by atoms with Gasteiger partial charge in [0.05, 0.1) is 4.90 Å². The minimum atomic E-state index is -3.14. The number of hydrogen-bond acceptors (Lipinski definition) is 4. The van der Waals surface area contributed by atoms with Gasteiger partial charge < -0.3 is 5.32 Å². The molecule has 0 bridgehead atoms. The largest absolute Gasteiger partial charge is 0.316 e. The second-order valence-corrected chi connectivity index (χ2v) is 7.14. The van der Waals surface area contributed by atoms with Crippen LogP contribution in [0.3, 0.4) is 0 Å². The highest BCUT2D eigenvalue weighted by Gasteiger charge is 2.23. The smallest absolute Gasteiger partial charge is 0.176 e. The van der Waals surface area contributed by atoms with Crippen LogP contribution in [-0.2, 0) is 9.84 Å². The van der Waals surface area contributed by atoms with Crippen molar-refractivity contribution < 1.29 is 8.42 Å². The van der Waals surface area contributed by atoms with E-state index in [1.54, 1.807) is 6.07 Å². The summed E-state index contributed by atoms with van der Waals surface area (Å²) in [6.07, 6.45) is 4.30. The molecular formula is C12H17NO2S2. The van der Waals surface area contributed by atoms with Crippen LogP contribution in [0.5, 0.6) is 0 Å². The normalized spacial score (nSPS) is 20.7. The molecule has 1 aromatic rings. The molecule has 1 saturated heterocycles. The highest BCUT2D eigenvalue weighted by molar-refractivity contribution is 7.99. The van der Waals surface area contributed by atoms with Crippen LogP contribution in [0.15, 0.2) is 28.0 Å². The van der Waals surface area contributed by atoms with Crippen LogP contribution in [0.2, 0.25) is 0 Å². The van der Waals surface area contributed by atoms with E-state index in [4.69, 9.17) is 0 Å². The quantitative estimate of drug-likeness (QED) is 0.853. The van der Waals surface area contributed by atoms with Crippen molar-refractivity contribution in [1.82, 2.24) is 5.32 Å². The molecule has 0 radical (unpaired) electrons. The van der Waals surface area contributed by atoms with E-state index in [0.29, 0.717) is 10.8 Å². The van der Waals surface area contributed by atoms with Crippen molar-refractivity contribution in [2.45, 2.75) is 22.1 Å². The van der Waals surface area contributed by atoms with Crippen molar-refractivity contribution in [2.24, 2.45) is 0 Å². The highest BCUT2D eigenvalue weighted by atomic mass is 32.2.